The summed E-state index contributed by atoms with van der Waals surface area (Å²) < 4.78 is 0. The molecule has 3 N–H and O–H groups in total. The van der Waals surface area contributed by atoms with Gasteiger partial charge in [0.25, 0.3) is 0 Å². The molecule has 1 aromatic carbocycles. The molecule has 1 atom stereocenters. The minimum absolute atomic E-state index is 0. The molecule has 0 unspecified atom stereocenters. The number of phenolic OH excluding ortho intramolecular Hbond substituents is 1. The zero-order valence-electron chi connectivity index (χ0n) is 7.36. The van der Waals surface area contributed by atoms with Crippen molar-refractivity contribution in [1.29, 1.82) is 0 Å². The first kappa shape index (κ1) is 10.4. The van der Waals surface area contributed by atoms with E-state index in [1.165, 1.54) is 11.1 Å². The number of aryl methyl sites for hydroxylation is 1. The lowest BCUT2D eigenvalue weighted by molar-refractivity contribution is 0.472. The molecular formula is C10H14ClNO. The Kier molecular flexibility index (Phi) is 3.17. The van der Waals surface area contributed by atoms with Crippen LogP contribution in [0.5, 0.6) is 5.75 Å². The molecule has 13 heavy (non-hydrogen) atoms. The third-order valence-electron chi connectivity index (χ3n) is 2.46. The van der Waals surface area contributed by atoms with Gasteiger partial charge in [-0.05, 0) is 42.5 Å². The van der Waals surface area contributed by atoms with E-state index in [-0.39, 0.29) is 18.4 Å². The van der Waals surface area contributed by atoms with Crippen LogP contribution in [0.25, 0.3) is 0 Å². The number of nitrogens with two attached hydrogens (primary N) is 1. The highest BCUT2D eigenvalue weighted by molar-refractivity contribution is 5.85. The number of hydrogen-bond acceptors (Lipinski definition) is 2. The minimum Gasteiger partial charge on any atom is -0.508 e. The topological polar surface area (TPSA) is 46.2 Å². The fraction of sp³-hybridized carbons (Fsp3) is 0.400. The summed E-state index contributed by atoms with van der Waals surface area (Å²) in [5, 5.41) is 9.23. The van der Waals surface area contributed by atoms with Gasteiger partial charge in [-0.2, -0.15) is 0 Å². The van der Waals surface area contributed by atoms with Gasteiger partial charge >= 0.3 is 0 Å². The van der Waals surface area contributed by atoms with Crippen LogP contribution in [0.3, 0.4) is 0 Å². The average Bonchev–Trinajstić information content (AvgIpc) is 2.03. The van der Waals surface area contributed by atoms with Crippen molar-refractivity contribution in [3.63, 3.8) is 0 Å². The van der Waals surface area contributed by atoms with Gasteiger partial charge in [-0.1, -0.05) is 6.07 Å². The molecule has 2 nitrogen and oxygen atoms in total. The molecule has 0 amide bonds. The average molecular weight is 200 g/mol. The van der Waals surface area contributed by atoms with Gasteiger partial charge in [0.05, 0.1) is 0 Å². The van der Waals surface area contributed by atoms with Crippen LogP contribution in [0, 0.1) is 0 Å². The van der Waals surface area contributed by atoms with Crippen molar-refractivity contribution in [2.24, 2.45) is 5.73 Å². The molecule has 1 aliphatic rings. The standard InChI is InChI=1S/C10H13NO.ClH/c11-9-3-1-7-2-4-10(12)6-8(7)5-9;/h2,4,6,9,12H,1,3,5,11H2;1H/t9-;/m0./s1. The maximum absolute atomic E-state index is 9.23. The predicted molar refractivity (Wildman–Crippen MR) is 55.4 cm³/mol. The van der Waals surface area contributed by atoms with Crippen molar-refractivity contribution >= 4 is 12.4 Å². The van der Waals surface area contributed by atoms with Crippen LogP contribution in [0.2, 0.25) is 0 Å². The third-order valence-corrected chi connectivity index (χ3v) is 2.46. The van der Waals surface area contributed by atoms with E-state index >= 15 is 0 Å². The van der Waals surface area contributed by atoms with E-state index in [4.69, 9.17) is 5.73 Å². The second-order valence-electron chi connectivity index (χ2n) is 3.46. The molecular weight excluding hydrogens is 186 g/mol. The van der Waals surface area contributed by atoms with Gasteiger partial charge in [0.1, 0.15) is 5.75 Å². The summed E-state index contributed by atoms with van der Waals surface area (Å²) >= 11 is 0. The fourth-order valence-electron chi connectivity index (χ4n) is 1.77. The largest absolute Gasteiger partial charge is 0.508 e. The lowest BCUT2D eigenvalue weighted by Gasteiger charge is -2.21. The summed E-state index contributed by atoms with van der Waals surface area (Å²) in [5.74, 6) is 0.350. The third kappa shape index (κ3) is 2.14. The van der Waals surface area contributed by atoms with E-state index < -0.39 is 0 Å². The molecule has 2 rings (SSSR count). The van der Waals surface area contributed by atoms with Crippen molar-refractivity contribution in [3.8, 4) is 5.75 Å². The summed E-state index contributed by atoms with van der Waals surface area (Å²) in [6.07, 6.45) is 3.03. The van der Waals surface area contributed by atoms with Crippen molar-refractivity contribution in [2.45, 2.75) is 25.3 Å². The van der Waals surface area contributed by atoms with Crippen LogP contribution in [0.4, 0.5) is 0 Å². The van der Waals surface area contributed by atoms with Gasteiger partial charge in [0.15, 0.2) is 0 Å². The Balaban J connectivity index is 0.000000845. The van der Waals surface area contributed by atoms with Crippen LogP contribution >= 0.6 is 12.4 Å². The van der Waals surface area contributed by atoms with Gasteiger partial charge in [-0.3, -0.25) is 0 Å². The van der Waals surface area contributed by atoms with Crippen LogP contribution in [0.15, 0.2) is 18.2 Å². The molecule has 0 spiro atoms. The first-order valence-electron chi connectivity index (χ1n) is 4.32. The van der Waals surface area contributed by atoms with E-state index in [9.17, 15) is 5.11 Å². The van der Waals surface area contributed by atoms with E-state index in [1.54, 1.807) is 6.07 Å². The second kappa shape index (κ2) is 3.99. The molecule has 0 radical (unpaired) electrons. The Labute approximate surface area is 84.2 Å². The van der Waals surface area contributed by atoms with E-state index in [0.717, 1.165) is 19.3 Å². The summed E-state index contributed by atoms with van der Waals surface area (Å²) in [4.78, 5) is 0. The highest BCUT2D eigenvalue weighted by atomic mass is 35.5. The summed E-state index contributed by atoms with van der Waals surface area (Å²) in [6.45, 7) is 0. The smallest absolute Gasteiger partial charge is 0.115 e. The zero-order chi connectivity index (χ0) is 8.55. The molecule has 0 saturated heterocycles. The quantitative estimate of drug-likeness (QED) is 0.667. The Hall–Kier alpha value is -0.730. The number of benzene rings is 1. The molecule has 0 fully saturated rings. The molecule has 0 saturated carbocycles. The number of hydrogen-bond donors (Lipinski definition) is 2. The SMILES string of the molecule is Cl.N[C@H]1CCc2ccc(O)cc2C1. The van der Waals surface area contributed by atoms with Crippen molar-refractivity contribution in [1.82, 2.24) is 0 Å². The molecule has 72 valence electrons. The van der Waals surface area contributed by atoms with E-state index in [1.807, 2.05) is 12.1 Å². The zero-order valence-corrected chi connectivity index (χ0v) is 8.18. The number of aromatic hydroxyl groups is 1. The minimum atomic E-state index is 0. The van der Waals surface area contributed by atoms with Gasteiger partial charge < -0.3 is 10.8 Å². The van der Waals surface area contributed by atoms with E-state index in [0.29, 0.717) is 5.75 Å². The molecule has 0 aromatic heterocycles. The number of halogens is 1. The fourth-order valence-corrected chi connectivity index (χ4v) is 1.77. The van der Waals surface area contributed by atoms with Crippen LogP contribution in [-0.2, 0) is 12.8 Å². The molecule has 0 heterocycles. The summed E-state index contributed by atoms with van der Waals surface area (Å²) in [7, 11) is 0. The summed E-state index contributed by atoms with van der Waals surface area (Å²) in [5.41, 5.74) is 8.38. The Bertz CT molecular complexity index is 301. The van der Waals surface area contributed by atoms with Crippen molar-refractivity contribution in [3.05, 3.63) is 29.3 Å². The van der Waals surface area contributed by atoms with Crippen molar-refractivity contribution in [2.75, 3.05) is 0 Å². The second-order valence-corrected chi connectivity index (χ2v) is 3.46. The highest BCUT2D eigenvalue weighted by Gasteiger charge is 2.14. The summed E-state index contributed by atoms with van der Waals surface area (Å²) in [6, 6.07) is 5.85. The van der Waals surface area contributed by atoms with Gasteiger partial charge in [-0.25, -0.2) is 0 Å². The number of phenols is 1. The van der Waals surface area contributed by atoms with Gasteiger partial charge in [0, 0.05) is 6.04 Å². The lowest BCUT2D eigenvalue weighted by atomic mass is 9.89. The van der Waals surface area contributed by atoms with Crippen LogP contribution < -0.4 is 5.73 Å². The predicted octanol–water partition coefficient (Wildman–Crippen LogP) is 1.63. The number of rotatable bonds is 0. The molecule has 0 aliphatic heterocycles. The molecule has 0 bridgehead atoms. The van der Waals surface area contributed by atoms with E-state index in [2.05, 4.69) is 0 Å². The Morgan fingerprint density at radius 3 is 2.85 bits per heavy atom. The Morgan fingerprint density at radius 1 is 1.31 bits per heavy atom. The molecule has 1 aliphatic carbocycles. The van der Waals surface area contributed by atoms with Gasteiger partial charge in [0.2, 0.25) is 0 Å². The maximum Gasteiger partial charge on any atom is 0.115 e. The maximum atomic E-state index is 9.23. The molecule has 3 heteroatoms. The monoisotopic (exact) mass is 199 g/mol. The van der Waals surface area contributed by atoms with Gasteiger partial charge in [-0.15, -0.1) is 12.4 Å². The van der Waals surface area contributed by atoms with Crippen molar-refractivity contribution < 1.29 is 5.11 Å². The Morgan fingerprint density at radius 2 is 2.08 bits per heavy atom. The highest BCUT2D eigenvalue weighted by Crippen LogP contribution is 2.23. The van der Waals surface area contributed by atoms with Crippen LogP contribution in [0.1, 0.15) is 17.5 Å². The first-order chi connectivity index (χ1) is 5.75. The lowest BCUT2D eigenvalue weighted by Crippen LogP contribution is -2.27. The molecule has 1 aromatic rings. The first-order valence-corrected chi connectivity index (χ1v) is 4.32. The number of fused-ring (bicyclic) bond motifs is 1. The normalized spacial score (nSPS) is 20.2. The van der Waals surface area contributed by atoms with Crippen LogP contribution in [-0.4, -0.2) is 11.1 Å².